The van der Waals surface area contributed by atoms with Crippen LogP contribution in [0, 0.1) is 0 Å². The topological polar surface area (TPSA) is 73.8 Å². The molecule has 1 aliphatic heterocycles. The van der Waals surface area contributed by atoms with Crippen LogP contribution in [0.25, 0.3) is 0 Å². The average Bonchev–Trinajstić information content (AvgIpc) is 2.77. The summed E-state index contributed by atoms with van der Waals surface area (Å²) in [5.74, 6) is 0.709. The minimum absolute atomic E-state index is 0.356. The van der Waals surface area contributed by atoms with Gasteiger partial charge in [0.15, 0.2) is 5.96 Å². The zero-order chi connectivity index (χ0) is 20.5. The van der Waals surface area contributed by atoms with Gasteiger partial charge in [0.1, 0.15) is 0 Å². The lowest BCUT2D eigenvalue weighted by atomic mass is 10.2. The van der Waals surface area contributed by atoms with Crippen molar-refractivity contribution in [2.75, 3.05) is 19.6 Å². The molecular weight excluding hydrogens is 384 g/mol. The second-order valence-electron chi connectivity index (χ2n) is 7.15. The summed E-state index contributed by atoms with van der Waals surface area (Å²) < 4.78 is 27.4. The third-order valence-corrected chi connectivity index (χ3v) is 6.81. The van der Waals surface area contributed by atoms with Gasteiger partial charge >= 0.3 is 0 Å². The molecule has 1 aliphatic rings. The maximum absolute atomic E-state index is 12.9. The van der Waals surface area contributed by atoms with Gasteiger partial charge in [-0.25, -0.2) is 13.4 Å². The molecule has 0 amide bonds. The van der Waals surface area contributed by atoms with Crippen molar-refractivity contribution < 1.29 is 8.42 Å². The van der Waals surface area contributed by atoms with Gasteiger partial charge in [0.05, 0.1) is 11.4 Å². The SMILES string of the molecule is CCNC(=NCc1cccc(S(=O)(=O)N2CCCCC2)c1)NCc1ccccc1. The fourth-order valence-corrected chi connectivity index (χ4v) is 4.94. The summed E-state index contributed by atoms with van der Waals surface area (Å²) in [6.45, 7) is 5.08. The van der Waals surface area contributed by atoms with E-state index in [1.807, 2.05) is 31.2 Å². The molecule has 1 fully saturated rings. The van der Waals surface area contributed by atoms with Crippen LogP contribution in [0.3, 0.4) is 0 Å². The zero-order valence-electron chi connectivity index (χ0n) is 17.0. The Morgan fingerprint density at radius 3 is 2.41 bits per heavy atom. The summed E-state index contributed by atoms with van der Waals surface area (Å²) >= 11 is 0. The summed E-state index contributed by atoms with van der Waals surface area (Å²) in [5, 5.41) is 6.55. The zero-order valence-corrected chi connectivity index (χ0v) is 17.8. The number of rotatable bonds is 7. The van der Waals surface area contributed by atoms with Crippen LogP contribution in [-0.2, 0) is 23.1 Å². The fourth-order valence-electron chi connectivity index (χ4n) is 3.35. The second-order valence-corrected chi connectivity index (χ2v) is 9.08. The Bertz CT molecular complexity index is 907. The molecule has 2 aromatic carbocycles. The standard InChI is InChI=1S/C22H30N4O2S/c1-2-23-22(24-17-19-10-5-3-6-11-19)25-18-20-12-9-13-21(16-20)29(27,28)26-14-7-4-8-15-26/h3,5-6,9-13,16H,2,4,7-8,14-15,17-18H2,1H3,(H2,23,24,25). The van der Waals surface area contributed by atoms with E-state index >= 15 is 0 Å². The van der Waals surface area contributed by atoms with Crippen LogP contribution in [0.2, 0.25) is 0 Å². The van der Waals surface area contributed by atoms with E-state index in [0.29, 0.717) is 37.0 Å². The van der Waals surface area contributed by atoms with Crippen LogP contribution in [0.1, 0.15) is 37.3 Å². The van der Waals surface area contributed by atoms with Crippen molar-refractivity contribution in [2.24, 2.45) is 4.99 Å². The normalized spacial score (nSPS) is 15.8. The number of piperidine rings is 1. The van der Waals surface area contributed by atoms with Crippen LogP contribution in [0.4, 0.5) is 0 Å². The third kappa shape index (κ3) is 6.05. The van der Waals surface area contributed by atoms with Crippen LogP contribution in [0.5, 0.6) is 0 Å². The van der Waals surface area contributed by atoms with Crippen molar-refractivity contribution >= 4 is 16.0 Å². The van der Waals surface area contributed by atoms with Gasteiger partial charge in [0.25, 0.3) is 0 Å². The lowest BCUT2D eigenvalue weighted by molar-refractivity contribution is 0.346. The Labute approximate surface area is 174 Å². The Kier molecular flexibility index (Phi) is 7.66. The van der Waals surface area contributed by atoms with Gasteiger partial charge in [-0.3, -0.25) is 0 Å². The summed E-state index contributed by atoms with van der Waals surface area (Å²) in [7, 11) is -3.43. The number of sulfonamides is 1. The first-order chi connectivity index (χ1) is 14.1. The molecule has 2 N–H and O–H groups in total. The highest BCUT2D eigenvalue weighted by Gasteiger charge is 2.25. The van der Waals surface area contributed by atoms with Crippen LogP contribution in [0.15, 0.2) is 64.5 Å². The summed E-state index contributed by atoms with van der Waals surface area (Å²) in [4.78, 5) is 4.98. The van der Waals surface area contributed by atoms with E-state index in [4.69, 9.17) is 0 Å². The summed E-state index contributed by atoms with van der Waals surface area (Å²) in [5.41, 5.74) is 2.05. The Balaban J connectivity index is 1.68. The van der Waals surface area contributed by atoms with Gasteiger partial charge in [-0.2, -0.15) is 4.31 Å². The molecule has 7 heteroatoms. The van der Waals surface area contributed by atoms with Crippen molar-refractivity contribution in [3.8, 4) is 0 Å². The molecule has 0 saturated carbocycles. The predicted molar refractivity (Wildman–Crippen MR) is 117 cm³/mol. The van der Waals surface area contributed by atoms with E-state index in [9.17, 15) is 8.42 Å². The number of nitrogens with one attached hydrogen (secondary N) is 2. The maximum atomic E-state index is 12.9. The van der Waals surface area contributed by atoms with Crippen LogP contribution < -0.4 is 10.6 Å². The van der Waals surface area contributed by atoms with E-state index in [2.05, 4.69) is 27.8 Å². The molecule has 6 nitrogen and oxygen atoms in total. The number of aliphatic imine (C=N–C) groups is 1. The Morgan fingerprint density at radius 2 is 1.69 bits per heavy atom. The van der Waals surface area contributed by atoms with Gasteiger partial charge in [-0.15, -0.1) is 0 Å². The molecule has 0 atom stereocenters. The molecule has 2 aromatic rings. The number of benzene rings is 2. The number of hydrogen-bond donors (Lipinski definition) is 2. The van der Waals surface area contributed by atoms with Crippen molar-refractivity contribution in [2.45, 2.75) is 44.2 Å². The highest BCUT2D eigenvalue weighted by Crippen LogP contribution is 2.21. The summed E-state index contributed by atoms with van der Waals surface area (Å²) in [6, 6.07) is 17.3. The second kappa shape index (κ2) is 10.4. The molecule has 1 heterocycles. The van der Waals surface area contributed by atoms with E-state index in [1.165, 1.54) is 5.56 Å². The first kappa shape index (κ1) is 21.3. The third-order valence-electron chi connectivity index (χ3n) is 4.92. The van der Waals surface area contributed by atoms with Gasteiger partial charge in [-0.1, -0.05) is 48.9 Å². The lowest BCUT2D eigenvalue weighted by Gasteiger charge is -2.26. The van der Waals surface area contributed by atoms with Gasteiger partial charge < -0.3 is 10.6 Å². The molecule has 0 radical (unpaired) electrons. The molecule has 0 aromatic heterocycles. The van der Waals surface area contributed by atoms with Crippen molar-refractivity contribution in [3.05, 3.63) is 65.7 Å². The van der Waals surface area contributed by atoms with E-state index in [1.54, 1.807) is 22.5 Å². The van der Waals surface area contributed by atoms with Crippen molar-refractivity contribution in [3.63, 3.8) is 0 Å². The minimum atomic E-state index is -3.43. The van der Waals surface area contributed by atoms with Gasteiger partial charge in [-0.05, 0) is 43.0 Å². The molecule has 29 heavy (non-hydrogen) atoms. The monoisotopic (exact) mass is 414 g/mol. The van der Waals surface area contributed by atoms with Crippen molar-refractivity contribution in [1.29, 1.82) is 0 Å². The minimum Gasteiger partial charge on any atom is -0.357 e. The molecule has 1 saturated heterocycles. The predicted octanol–water partition coefficient (Wildman–Crippen LogP) is 3.12. The molecule has 0 bridgehead atoms. The highest BCUT2D eigenvalue weighted by atomic mass is 32.2. The molecule has 0 spiro atoms. The maximum Gasteiger partial charge on any atom is 0.243 e. The highest BCUT2D eigenvalue weighted by molar-refractivity contribution is 7.89. The quantitative estimate of drug-likeness (QED) is 0.539. The molecule has 0 aliphatic carbocycles. The van der Waals surface area contributed by atoms with E-state index in [0.717, 1.165) is 31.4 Å². The molecular formula is C22H30N4O2S. The van der Waals surface area contributed by atoms with Crippen LogP contribution >= 0.6 is 0 Å². The molecule has 3 rings (SSSR count). The lowest BCUT2D eigenvalue weighted by Crippen LogP contribution is -2.36. The molecule has 156 valence electrons. The fraction of sp³-hybridized carbons (Fsp3) is 0.409. The van der Waals surface area contributed by atoms with E-state index < -0.39 is 10.0 Å². The van der Waals surface area contributed by atoms with Gasteiger partial charge in [0, 0.05) is 26.2 Å². The first-order valence-electron chi connectivity index (χ1n) is 10.2. The Morgan fingerprint density at radius 1 is 0.966 bits per heavy atom. The first-order valence-corrected chi connectivity index (χ1v) is 11.7. The average molecular weight is 415 g/mol. The van der Waals surface area contributed by atoms with Crippen LogP contribution in [-0.4, -0.2) is 38.3 Å². The van der Waals surface area contributed by atoms with Crippen molar-refractivity contribution in [1.82, 2.24) is 14.9 Å². The molecule has 0 unspecified atom stereocenters. The van der Waals surface area contributed by atoms with E-state index in [-0.39, 0.29) is 0 Å². The van der Waals surface area contributed by atoms with Gasteiger partial charge in [0.2, 0.25) is 10.0 Å². The summed E-state index contributed by atoms with van der Waals surface area (Å²) in [6.07, 6.45) is 2.97. The smallest absolute Gasteiger partial charge is 0.243 e. The number of hydrogen-bond acceptors (Lipinski definition) is 3. The largest absolute Gasteiger partial charge is 0.357 e. The number of nitrogens with zero attached hydrogens (tertiary/aromatic N) is 2. The number of guanidine groups is 1. The Hall–Kier alpha value is -2.38.